The van der Waals surface area contributed by atoms with Crippen LogP contribution in [0.2, 0.25) is 0 Å². The molecule has 3 rings (SSSR count). The molecule has 0 saturated carbocycles. The summed E-state index contributed by atoms with van der Waals surface area (Å²) >= 11 is 13.8. The first-order valence-corrected chi connectivity index (χ1v) is 8.04. The maximum atomic E-state index is 6.66. The first-order chi connectivity index (χ1) is 9.67. The van der Waals surface area contributed by atoms with E-state index >= 15 is 0 Å². The van der Waals surface area contributed by atoms with Crippen LogP contribution in [0.5, 0.6) is 0 Å². The van der Waals surface area contributed by atoms with Crippen molar-refractivity contribution in [2.75, 3.05) is 13.1 Å². The van der Waals surface area contributed by atoms with E-state index in [1.54, 1.807) is 11.8 Å². The molecule has 0 atom stereocenters. The van der Waals surface area contributed by atoms with Gasteiger partial charge >= 0.3 is 0 Å². The smallest absolute Gasteiger partial charge is 0.141 e. The van der Waals surface area contributed by atoms with Crippen molar-refractivity contribution in [1.29, 1.82) is 0 Å². The van der Waals surface area contributed by atoms with Gasteiger partial charge in [0.15, 0.2) is 0 Å². The molecule has 2 aromatic rings. The molecule has 1 saturated heterocycles. The number of alkyl halides is 1. The van der Waals surface area contributed by atoms with Gasteiger partial charge in [0.1, 0.15) is 9.19 Å². The summed E-state index contributed by atoms with van der Waals surface area (Å²) in [6.45, 7) is 1.55. The van der Waals surface area contributed by atoms with E-state index in [9.17, 15) is 0 Å². The Morgan fingerprint density at radius 2 is 1.55 bits per heavy atom. The Morgan fingerprint density at radius 3 is 2.15 bits per heavy atom. The van der Waals surface area contributed by atoms with Crippen molar-refractivity contribution in [1.82, 2.24) is 4.90 Å². The molecule has 1 heterocycles. The van der Waals surface area contributed by atoms with Crippen LogP contribution in [0.15, 0.2) is 65.6 Å². The summed E-state index contributed by atoms with van der Waals surface area (Å²) in [5.41, 5.74) is 1.17. The van der Waals surface area contributed by atoms with E-state index in [-0.39, 0.29) is 4.87 Å². The molecule has 0 amide bonds. The van der Waals surface area contributed by atoms with Crippen LogP contribution in [-0.2, 0) is 4.87 Å². The number of hydrogen-bond acceptors (Lipinski definition) is 2. The molecule has 0 bridgehead atoms. The van der Waals surface area contributed by atoms with E-state index in [0.29, 0.717) is 0 Å². The van der Waals surface area contributed by atoms with Gasteiger partial charge in [-0.15, -0.1) is 11.6 Å². The van der Waals surface area contributed by atoms with Gasteiger partial charge in [-0.05, 0) is 17.7 Å². The van der Waals surface area contributed by atoms with Gasteiger partial charge < -0.3 is 4.90 Å². The van der Waals surface area contributed by atoms with Crippen LogP contribution in [0.4, 0.5) is 0 Å². The lowest BCUT2D eigenvalue weighted by molar-refractivity contribution is 0.224. The van der Waals surface area contributed by atoms with Crippen LogP contribution < -0.4 is 0 Å². The van der Waals surface area contributed by atoms with Gasteiger partial charge in [0.2, 0.25) is 0 Å². The standard InChI is InChI=1S/C16H14ClNS2/c17-16(13-7-3-1-4-8-13)11-18(12-16)15(19)20-14-9-5-2-6-10-14/h1-10H,11-12H2. The van der Waals surface area contributed by atoms with Gasteiger partial charge in [-0.25, -0.2) is 0 Å². The number of thioether (sulfide) groups is 1. The van der Waals surface area contributed by atoms with E-state index in [4.69, 9.17) is 23.8 Å². The molecule has 0 N–H and O–H groups in total. The van der Waals surface area contributed by atoms with Crippen molar-refractivity contribution in [3.63, 3.8) is 0 Å². The highest BCUT2D eigenvalue weighted by Gasteiger charge is 2.43. The summed E-state index contributed by atoms with van der Waals surface area (Å²) in [5.74, 6) is 0. The topological polar surface area (TPSA) is 3.24 Å². The summed E-state index contributed by atoms with van der Waals surface area (Å²) < 4.78 is 0.892. The Hall–Kier alpha value is -1.03. The first-order valence-electron chi connectivity index (χ1n) is 6.44. The summed E-state index contributed by atoms with van der Waals surface area (Å²) in [7, 11) is 0. The molecule has 0 aromatic heterocycles. The molecule has 0 aliphatic carbocycles. The van der Waals surface area contributed by atoms with Crippen LogP contribution in [0.25, 0.3) is 0 Å². The zero-order chi connectivity index (χ0) is 14.0. The summed E-state index contributed by atoms with van der Waals surface area (Å²) in [6, 6.07) is 20.4. The Morgan fingerprint density at radius 1 is 1.00 bits per heavy atom. The van der Waals surface area contributed by atoms with Gasteiger partial charge in [-0.3, -0.25) is 0 Å². The Kier molecular flexibility index (Phi) is 4.01. The predicted octanol–water partition coefficient (Wildman–Crippen LogP) is 4.51. The third-order valence-electron chi connectivity index (χ3n) is 3.38. The van der Waals surface area contributed by atoms with Gasteiger partial charge in [0.25, 0.3) is 0 Å². The van der Waals surface area contributed by atoms with Crippen LogP contribution in [-0.4, -0.2) is 22.3 Å². The maximum absolute atomic E-state index is 6.66. The first kappa shape index (κ1) is 13.9. The second kappa shape index (κ2) is 5.76. The average molecular weight is 320 g/mol. The molecule has 1 fully saturated rings. The molecule has 1 nitrogen and oxygen atoms in total. The number of likely N-dealkylation sites (tertiary alicyclic amines) is 1. The molecular weight excluding hydrogens is 306 g/mol. The summed E-state index contributed by atoms with van der Waals surface area (Å²) in [4.78, 5) is 3.04. The van der Waals surface area contributed by atoms with Crippen molar-refractivity contribution in [2.24, 2.45) is 0 Å². The van der Waals surface area contributed by atoms with Crippen LogP contribution in [0.3, 0.4) is 0 Å². The molecule has 102 valence electrons. The van der Waals surface area contributed by atoms with Gasteiger partial charge in [-0.2, -0.15) is 0 Å². The highest BCUT2D eigenvalue weighted by molar-refractivity contribution is 8.22. The fourth-order valence-corrected chi connectivity index (χ4v) is 3.85. The van der Waals surface area contributed by atoms with Crippen molar-refractivity contribution < 1.29 is 0 Å². The van der Waals surface area contributed by atoms with Crippen molar-refractivity contribution in [3.8, 4) is 0 Å². The molecular formula is C16H14ClNS2. The normalized spacial score (nSPS) is 16.6. The highest BCUT2D eigenvalue weighted by Crippen LogP contribution is 2.40. The zero-order valence-corrected chi connectivity index (χ0v) is 13.2. The molecule has 2 aromatic carbocycles. The van der Waals surface area contributed by atoms with Crippen LogP contribution in [0.1, 0.15) is 5.56 Å². The summed E-state index contributed by atoms with van der Waals surface area (Å²) in [6.07, 6.45) is 0. The van der Waals surface area contributed by atoms with Gasteiger partial charge in [0, 0.05) is 18.0 Å². The van der Waals surface area contributed by atoms with E-state index in [0.717, 1.165) is 17.4 Å². The number of thiocarbonyl (C=S) groups is 1. The second-order valence-electron chi connectivity index (χ2n) is 4.87. The molecule has 0 unspecified atom stereocenters. The average Bonchev–Trinajstić information content (AvgIpc) is 2.46. The molecule has 1 aliphatic heterocycles. The van der Waals surface area contributed by atoms with E-state index < -0.39 is 0 Å². The number of nitrogens with zero attached hydrogens (tertiary/aromatic N) is 1. The lowest BCUT2D eigenvalue weighted by Crippen LogP contribution is -2.57. The lowest BCUT2D eigenvalue weighted by atomic mass is 9.91. The van der Waals surface area contributed by atoms with E-state index in [2.05, 4.69) is 29.2 Å². The molecule has 0 spiro atoms. The monoisotopic (exact) mass is 319 g/mol. The number of hydrogen-bond donors (Lipinski definition) is 0. The lowest BCUT2D eigenvalue weighted by Gasteiger charge is -2.47. The fraction of sp³-hybridized carbons (Fsp3) is 0.188. The van der Waals surface area contributed by atoms with Crippen molar-refractivity contribution in [2.45, 2.75) is 9.77 Å². The molecule has 20 heavy (non-hydrogen) atoms. The van der Waals surface area contributed by atoms with Crippen LogP contribution in [0, 0.1) is 0 Å². The largest absolute Gasteiger partial charge is 0.353 e. The third kappa shape index (κ3) is 2.85. The molecule has 0 radical (unpaired) electrons. The minimum Gasteiger partial charge on any atom is -0.353 e. The minimum atomic E-state index is -0.289. The predicted molar refractivity (Wildman–Crippen MR) is 90.4 cm³/mol. The van der Waals surface area contributed by atoms with Crippen molar-refractivity contribution >= 4 is 39.9 Å². The number of benzene rings is 2. The quantitative estimate of drug-likeness (QED) is 0.455. The van der Waals surface area contributed by atoms with Gasteiger partial charge in [0.05, 0.1) is 0 Å². The van der Waals surface area contributed by atoms with Gasteiger partial charge in [-0.1, -0.05) is 72.5 Å². The highest BCUT2D eigenvalue weighted by atomic mass is 35.5. The second-order valence-corrected chi connectivity index (χ2v) is 7.30. The molecule has 1 aliphatic rings. The Labute approximate surface area is 133 Å². The minimum absolute atomic E-state index is 0.289. The zero-order valence-electron chi connectivity index (χ0n) is 10.8. The SMILES string of the molecule is S=C(Sc1ccccc1)N1CC(Cl)(c2ccccc2)C1. The van der Waals surface area contributed by atoms with Crippen LogP contribution >= 0.6 is 35.6 Å². The molecule has 4 heteroatoms. The van der Waals surface area contributed by atoms with E-state index in [1.807, 2.05) is 36.4 Å². The van der Waals surface area contributed by atoms with Crippen molar-refractivity contribution in [3.05, 3.63) is 66.2 Å². The summed E-state index contributed by atoms with van der Waals surface area (Å²) in [5, 5.41) is 0. The maximum Gasteiger partial charge on any atom is 0.141 e. The Bertz CT molecular complexity index is 594. The fourth-order valence-electron chi connectivity index (χ4n) is 2.26. The third-order valence-corrected chi connectivity index (χ3v) is 5.29. The number of rotatable bonds is 2. The Balaban J connectivity index is 1.61. The van der Waals surface area contributed by atoms with E-state index in [1.165, 1.54) is 10.5 Å². The number of halogens is 1.